The van der Waals surface area contributed by atoms with Crippen molar-refractivity contribution in [1.29, 1.82) is 0 Å². The fraction of sp³-hybridized carbons (Fsp3) is 0.100. The molecule has 1 heterocycles. The third-order valence-corrected chi connectivity index (χ3v) is 3.80. The van der Waals surface area contributed by atoms with Crippen molar-refractivity contribution in [2.75, 3.05) is 14.2 Å². The first kappa shape index (κ1) is 21.6. The molecule has 0 aliphatic carbocycles. The number of carbonyl (C=O) groups is 1. The fourth-order valence-electron chi connectivity index (χ4n) is 2.42. The molecule has 8 nitrogen and oxygen atoms in total. The molecule has 1 aromatic heterocycles. The molecule has 11 heteroatoms. The number of nitrogens with zero attached hydrogens (tertiary/aromatic N) is 3. The van der Waals surface area contributed by atoms with Crippen molar-refractivity contribution < 1.29 is 32.3 Å². The molecule has 1 amide bonds. The molecule has 1 N–H and O–H groups in total. The number of ether oxygens (including phenoxy) is 2. The summed E-state index contributed by atoms with van der Waals surface area (Å²) in [5.41, 5.74) is -0.255. The molecule has 0 unspecified atom stereocenters. The third-order valence-electron chi connectivity index (χ3n) is 3.80. The quantitative estimate of drug-likeness (QED) is 0.453. The zero-order valence-corrected chi connectivity index (χ0v) is 16.2. The standard InChI is InChI=1S/C20H15F3N4O4/c1-24-18(28)17(27-29-2)12-8-7-11(21)9-15(12)31-20-16(23)19(25-10-26-20)30-14-6-4-3-5-13(14)22/h3-10H,1-2H3,(H,24,28). The Morgan fingerprint density at radius 1 is 1.00 bits per heavy atom. The van der Waals surface area contributed by atoms with E-state index in [1.807, 2.05) is 0 Å². The van der Waals surface area contributed by atoms with Crippen LogP contribution >= 0.6 is 0 Å². The van der Waals surface area contributed by atoms with E-state index in [1.165, 1.54) is 38.4 Å². The summed E-state index contributed by atoms with van der Waals surface area (Å²) in [6, 6.07) is 8.49. The lowest BCUT2D eigenvalue weighted by Gasteiger charge is -2.13. The van der Waals surface area contributed by atoms with Gasteiger partial charge < -0.3 is 19.6 Å². The summed E-state index contributed by atoms with van der Waals surface area (Å²) in [6.45, 7) is 0. The monoisotopic (exact) mass is 432 g/mol. The Morgan fingerprint density at radius 3 is 2.32 bits per heavy atom. The van der Waals surface area contributed by atoms with Gasteiger partial charge >= 0.3 is 0 Å². The van der Waals surface area contributed by atoms with E-state index < -0.39 is 35.1 Å². The largest absolute Gasteiger partial charge is 0.435 e. The third kappa shape index (κ3) is 4.89. The van der Waals surface area contributed by atoms with E-state index >= 15 is 0 Å². The van der Waals surface area contributed by atoms with Crippen LogP contribution in [0.1, 0.15) is 5.56 Å². The minimum Gasteiger partial charge on any atom is -0.435 e. The fourth-order valence-corrected chi connectivity index (χ4v) is 2.42. The number of nitrogens with one attached hydrogen (secondary N) is 1. The Kier molecular flexibility index (Phi) is 6.65. The van der Waals surface area contributed by atoms with Crippen LogP contribution in [0.3, 0.4) is 0 Å². The van der Waals surface area contributed by atoms with Gasteiger partial charge in [0.25, 0.3) is 17.7 Å². The van der Waals surface area contributed by atoms with Gasteiger partial charge in [-0.2, -0.15) is 14.4 Å². The number of carbonyl (C=O) groups excluding carboxylic acids is 1. The molecule has 2 aromatic carbocycles. The molecule has 3 rings (SSSR count). The van der Waals surface area contributed by atoms with Gasteiger partial charge in [-0.3, -0.25) is 4.79 Å². The highest BCUT2D eigenvalue weighted by Crippen LogP contribution is 2.32. The van der Waals surface area contributed by atoms with Gasteiger partial charge in [0.2, 0.25) is 5.82 Å². The van der Waals surface area contributed by atoms with E-state index in [1.54, 1.807) is 0 Å². The van der Waals surface area contributed by atoms with Crippen molar-refractivity contribution in [3.05, 3.63) is 71.8 Å². The van der Waals surface area contributed by atoms with Crippen LogP contribution in [-0.2, 0) is 9.63 Å². The number of benzene rings is 2. The van der Waals surface area contributed by atoms with E-state index in [4.69, 9.17) is 9.47 Å². The van der Waals surface area contributed by atoms with Gasteiger partial charge in [-0.05, 0) is 24.3 Å². The molecule has 31 heavy (non-hydrogen) atoms. The number of oxime groups is 1. The number of amides is 1. The molecule has 160 valence electrons. The van der Waals surface area contributed by atoms with Gasteiger partial charge in [-0.15, -0.1) is 0 Å². The minimum atomic E-state index is -1.17. The molecule has 0 bridgehead atoms. The Bertz CT molecular complexity index is 1140. The number of halogens is 3. The Morgan fingerprint density at radius 2 is 1.68 bits per heavy atom. The molecule has 0 spiro atoms. The van der Waals surface area contributed by atoms with Gasteiger partial charge in [0.15, 0.2) is 17.3 Å². The van der Waals surface area contributed by atoms with Gasteiger partial charge in [-0.25, -0.2) is 8.78 Å². The zero-order chi connectivity index (χ0) is 22.4. The van der Waals surface area contributed by atoms with Gasteiger partial charge in [0.05, 0.1) is 5.56 Å². The van der Waals surface area contributed by atoms with E-state index in [0.29, 0.717) is 0 Å². The van der Waals surface area contributed by atoms with E-state index in [9.17, 15) is 18.0 Å². The van der Waals surface area contributed by atoms with Gasteiger partial charge in [0, 0.05) is 13.1 Å². The van der Waals surface area contributed by atoms with E-state index in [-0.39, 0.29) is 22.8 Å². The number of rotatable bonds is 7. The number of aromatic nitrogens is 2. The van der Waals surface area contributed by atoms with Crippen LogP contribution in [0.4, 0.5) is 13.2 Å². The average Bonchev–Trinajstić information content (AvgIpc) is 2.76. The molecule has 0 fully saturated rings. The smallest absolute Gasteiger partial charge is 0.273 e. The van der Waals surface area contributed by atoms with Crippen molar-refractivity contribution >= 4 is 11.6 Å². The van der Waals surface area contributed by atoms with Crippen LogP contribution in [0.5, 0.6) is 23.3 Å². The Labute approximate surface area is 174 Å². The lowest BCUT2D eigenvalue weighted by molar-refractivity contribution is -0.114. The lowest BCUT2D eigenvalue weighted by Crippen LogP contribution is -2.29. The maximum atomic E-state index is 14.9. The summed E-state index contributed by atoms with van der Waals surface area (Å²) >= 11 is 0. The molecular formula is C20H15F3N4O4. The highest BCUT2D eigenvalue weighted by molar-refractivity contribution is 6.45. The Hall–Kier alpha value is -4.15. The maximum Gasteiger partial charge on any atom is 0.273 e. The van der Waals surface area contributed by atoms with Crippen molar-refractivity contribution in [2.24, 2.45) is 5.16 Å². The second kappa shape index (κ2) is 9.57. The SMILES string of the molecule is CNC(=O)C(=NOC)c1ccc(F)cc1Oc1ncnc(Oc2ccccc2F)c1F. The van der Waals surface area contributed by atoms with Crippen molar-refractivity contribution in [1.82, 2.24) is 15.3 Å². The highest BCUT2D eigenvalue weighted by Gasteiger charge is 2.23. The number of hydrogen-bond donors (Lipinski definition) is 1. The van der Waals surface area contributed by atoms with Crippen LogP contribution in [0.15, 0.2) is 53.9 Å². The van der Waals surface area contributed by atoms with Crippen LogP contribution in [0.25, 0.3) is 0 Å². The second-order valence-electron chi connectivity index (χ2n) is 5.77. The molecular weight excluding hydrogens is 417 g/mol. The first-order valence-corrected chi connectivity index (χ1v) is 8.68. The summed E-state index contributed by atoms with van der Waals surface area (Å²) in [7, 11) is 2.57. The van der Waals surface area contributed by atoms with Crippen LogP contribution in [-0.4, -0.2) is 35.7 Å². The lowest BCUT2D eigenvalue weighted by atomic mass is 10.1. The van der Waals surface area contributed by atoms with Crippen LogP contribution < -0.4 is 14.8 Å². The number of hydrogen-bond acceptors (Lipinski definition) is 7. The number of para-hydroxylation sites is 1. The average molecular weight is 432 g/mol. The topological polar surface area (TPSA) is 94.9 Å². The molecule has 0 aliphatic rings. The van der Waals surface area contributed by atoms with Crippen molar-refractivity contribution in [2.45, 2.75) is 0 Å². The van der Waals surface area contributed by atoms with Crippen molar-refractivity contribution in [3.8, 4) is 23.3 Å². The van der Waals surface area contributed by atoms with Crippen molar-refractivity contribution in [3.63, 3.8) is 0 Å². The van der Waals surface area contributed by atoms with Crippen LogP contribution in [0.2, 0.25) is 0 Å². The van der Waals surface area contributed by atoms with Gasteiger partial charge in [-0.1, -0.05) is 17.3 Å². The summed E-state index contributed by atoms with van der Waals surface area (Å²) in [6.07, 6.45) is 0.913. The second-order valence-corrected chi connectivity index (χ2v) is 5.77. The van der Waals surface area contributed by atoms with E-state index in [2.05, 4.69) is 25.3 Å². The van der Waals surface area contributed by atoms with Gasteiger partial charge in [0.1, 0.15) is 25.0 Å². The molecule has 0 saturated heterocycles. The first-order chi connectivity index (χ1) is 14.9. The first-order valence-electron chi connectivity index (χ1n) is 8.68. The molecule has 0 saturated carbocycles. The highest BCUT2D eigenvalue weighted by atomic mass is 19.1. The summed E-state index contributed by atoms with van der Waals surface area (Å²) in [5, 5.41) is 5.96. The summed E-state index contributed by atoms with van der Waals surface area (Å²) in [4.78, 5) is 24.1. The molecule has 0 radical (unpaired) electrons. The zero-order valence-electron chi connectivity index (χ0n) is 16.2. The Balaban J connectivity index is 2.00. The van der Waals surface area contributed by atoms with Crippen LogP contribution in [0, 0.1) is 17.5 Å². The summed E-state index contributed by atoms with van der Waals surface area (Å²) in [5.74, 6) is -5.13. The molecule has 0 atom stereocenters. The summed E-state index contributed by atoms with van der Waals surface area (Å²) < 4.78 is 53.0. The normalized spacial score (nSPS) is 11.1. The molecule has 0 aliphatic heterocycles. The predicted octanol–water partition coefficient (Wildman–Crippen LogP) is 3.58. The number of likely N-dealkylation sites (N-methyl/N-ethyl adjacent to an activating group) is 1. The maximum absolute atomic E-state index is 14.9. The minimum absolute atomic E-state index is 0.00261. The van der Waals surface area contributed by atoms with E-state index in [0.717, 1.165) is 24.5 Å². The molecule has 3 aromatic rings. The predicted molar refractivity (Wildman–Crippen MR) is 103 cm³/mol.